The number of nitrogens with zero attached hydrogens (tertiary/aromatic N) is 2. The van der Waals surface area contributed by atoms with Crippen LogP contribution in [0.4, 0.5) is 8.78 Å². The maximum absolute atomic E-state index is 14.9. The number of rotatable bonds is 5. The highest BCUT2D eigenvalue weighted by atomic mass is 19.1. The summed E-state index contributed by atoms with van der Waals surface area (Å²) in [6, 6.07) is 10.7. The zero-order valence-electron chi connectivity index (χ0n) is 18.9. The fraction of sp³-hybridized carbons (Fsp3) is 0.481. The van der Waals surface area contributed by atoms with Gasteiger partial charge in [0.15, 0.2) is 0 Å². The number of fused-ring (bicyclic) bond motifs is 1. The van der Waals surface area contributed by atoms with Crippen LogP contribution in [0.5, 0.6) is 0 Å². The molecule has 1 unspecified atom stereocenters. The Morgan fingerprint density at radius 1 is 0.939 bits per heavy atom. The van der Waals surface area contributed by atoms with E-state index in [4.69, 9.17) is 4.98 Å². The standard InChI is InChI=1S/C27H31F2N3O/c28-19-15-16-22(29)21(17-19)26-31-23-13-7-8-14-24(23)32(26)25(18-9-3-1-4-10-18)27(33)30-20-11-5-2-6-12-20/h7-8,13-18,20,25H,1-6,9-12H2,(H,30,33). The molecule has 2 aliphatic rings. The minimum absolute atomic E-state index is 0.0185. The Kier molecular flexibility index (Phi) is 6.43. The average molecular weight is 452 g/mol. The topological polar surface area (TPSA) is 46.9 Å². The van der Waals surface area contributed by atoms with Crippen molar-refractivity contribution in [3.8, 4) is 11.4 Å². The Bertz CT molecular complexity index is 1130. The van der Waals surface area contributed by atoms with Crippen LogP contribution in [-0.2, 0) is 4.79 Å². The van der Waals surface area contributed by atoms with Crippen LogP contribution in [0.2, 0.25) is 0 Å². The van der Waals surface area contributed by atoms with Gasteiger partial charge in [-0.2, -0.15) is 0 Å². The van der Waals surface area contributed by atoms with E-state index in [0.29, 0.717) is 11.3 Å². The van der Waals surface area contributed by atoms with Gasteiger partial charge in [0, 0.05) is 6.04 Å². The SMILES string of the molecule is O=C(NC1CCCCC1)C(C1CCCCC1)n1c(-c2cc(F)ccc2F)nc2ccccc21. The Morgan fingerprint density at radius 3 is 2.39 bits per heavy atom. The minimum atomic E-state index is -0.539. The number of imidazole rings is 1. The molecule has 0 bridgehead atoms. The molecule has 0 spiro atoms. The zero-order chi connectivity index (χ0) is 22.8. The van der Waals surface area contributed by atoms with Crippen LogP contribution in [0, 0.1) is 17.6 Å². The lowest BCUT2D eigenvalue weighted by molar-refractivity contribution is -0.127. The highest BCUT2D eigenvalue weighted by Crippen LogP contribution is 2.39. The number of para-hydroxylation sites is 2. The lowest BCUT2D eigenvalue weighted by Gasteiger charge is -2.33. The molecule has 0 aliphatic heterocycles. The molecule has 3 aromatic rings. The highest BCUT2D eigenvalue weighted by Gasteiger charge is 2.35. The molecule has 2 fully saturated rings. The van der Waals surface area contributed by atoms with E-state index >= 15 is 0 Å². The lowest BCUT2D eigenvalue weighted by Crippen LogP contribution is -2.43. The number of hydrogen-bond donors (Lipinski definition) is 1. The van der Waals surface area contributed by atoms with Crippen LogP contribution in [-0.4, -0.2) is 21.5 Å². The molecule has 2 aromatic carbocycles. The summed E-state index contributed by atoms with van der Waals surface area (Å²) in [5.74, 6) is -0.623. The third-order valence-corrected chi connectivity index (χ3v) is 7.36. The van der Waals surface area contributed by atoms with Gasteiger partial charge in [-0.05, 0) is 61.9 Å². The summed E-state index contributed by atoms with van der Waals surface area (Å²) in [5.41, 5.74) is 1.56. The Hall–Kier alpha value is -2.76. The number of carbonyl (C=O) groups excluding carboxylic acids is 1. The fourth-order valence-corrected chi connectivity index (χ4v) is 5.71. The summed E-state index contributed by atoms with van der Waals surface area (Å²) >= 11 is 0. The van der Waals surface area contributed by atoms with Crippen LogP contribution in [0.15, 0.2) is 42.5 Å². The van der Waals surface area contributed by atoms with Crippen LogP contribution >= 0.6 is 0 Å². The minimum Gasteiger partial charge on any atom is -0.352 e. The van der Waals surface area contributed by atoms with Gasteiger partial charge in [0.1, 0.15) is 23.5 Å². The van der Waals surface area contributed by atoms with E-state index in [1.54, 1.807) is 0 Å². The number of nitrogens with one attached hydrogen (secondary N) is 1. The fourth-order valence-electron chi connectivity index (χ4n) is 5.71. The van der Waals surface area contributed by atoms with Crippen molar-refractivity contribution in [2.24, 2.45) is 5.92 Å². The van der Waals surface area contributed by atoms with Gasteiger partial charge in [-0.25, -0.2) is 13.8 Å². The van der Waals surface area contributed by atoms with E-state index in [-0.39, 0.29) is 23.4 Å². The molecule has 1 heterocycles. The third-order valence-electron chi connectivity index (χ3n) is 7.36. The van der Waals surface area contributed by atoms with Crippen LogP contribution < -0.4 is 5.32 Å². The first-order chi connectivity index (χ1) is 16.1. The molecular weight excluding hydrogens is 420 g/mol. The van der Waals surface area contributed by atoms with Gasteiger partial charge in [0.05, 0.1) is 16.6 Å². The molecule has 174 valence electrons. The lowest BCUT2D eigenvalue weighted by atomic mass is 9.82. The van der Waals surface area contributed by atoms with Gasteiger partial charge in [0.25, 0.3) is 0 Å². The third kappa shape index (κ3) is 4.53. The van der Waals surface area contributed by atoms with Gasteiger partial charge >= 0.3 is 0 Å². The van der Waals surface area contributed by atoms with Crippen molar-refractivity contribution in [2.45, 2.75) is 76.3 Å². The molecule has 1 atom stereocenters. The summed E-state index contributed by atoms with van der Waals surface area (Å²) in [5, 5.41) is 3.32. The number of halogens is 2. The summed E-state index contributed by atoms with van der Waals surface area (Å²) in [6.07, 6.45) is 10.7. The van der Waals surface area contributed by atoms with Crippen LogP contribution in [0.25, 0.3) is 22.4 Å². The van der Waals surface area contributed by atoms with Gasteiger partial charge in [0.2, 0.25) is 5.91 Å². The average Bonchev–Trinajstić information content (AvgIpc) is 3.21. The van der Waals surface area contributed by atoms with Gasteiger partial charge in [-0.1, -0.05) is 50.7 Å². The van der Waals surface area contributed by atoms with Crippen molar-refractivity contribution in [1.29, 1.82) is 0 Å². The first-order valence-electron chi connectivity index (χ1n) is 12.3. The van der Waals surface area contributed by atoms with E-state index in [0.717, 1.165) is 69.0 Å². The summed E-state index contributed by atoms with van der Waals surface area (Å²) in [4.78, 5) is 18.6. The number of carbonyl (C=O) groups is 1. The van der Waals surface area contributed by atoms with Gasteiger partial charge < -0.3 is 9.88 Å². The molecule has 1 amide bonds. The highest BCUT2D eigenvalue weighted by molar-refractivity contribution is 5.87. The van der Waals surface area contributed by atoms with Crippen molar-refractivity contribution >= 4 is 16.9 Å². The maximum Gasteiger partial charge on any atom is 0.243 e. The summed E-state index contributed by atoms with van der Waals surface area (Å²) < 4.78 is 31.0. The Labute approximate surface area is 193 Å². The van der Waals surface area contributed by atoms with Crippen molar-refractivity contribution in [2.75, 3.05) is 0 Å². The molecule has 4 nitrogen and oxygen atoms in total. The summed E-state index contributed by atoms with van der Waals surface area (Å²) in [6.45, 7) is 0. The molecule has 1 aromatic heterocycles. The molecule has 5 rings (SSSR count). The molecule has 6 heteroatoms. The predicted molar refractivity (Wildman–Crippen MR) is 126 cm³/mol. The smallest absolute Gasteiger partial charge is 0.243 e. The van der Waals surface area contributed by atoms with E-state index < -0.39 is 17.7 Å². The first kappa shape index (κ1) is 22.1. The molecule has 33 heavy (non-hydrogen) atoms. The second-order valence-electron chi connectivity index (χ2n) is 9.60. The Morgan fingerprint density at radius 2 is 1.64 bits per heavy atom. The van der Waals surface area contributed by atoms with E-state index in [9.17, 15) is 13.6 Å². The van der Waals surface area contributed by atoms with Crippen LogP contribution in [0.1, 0.15) is 70.3 Å². The second kappa shape index (κ2) is 9.62. The molecular formula is C27H31F2N3O. The monoisotopic (exact) mass is 451 g/mol. The molecule has 1 N–H and O–H groups in total. The van der Waals surface area contributed by atoms with Crippen molar-refractivity contribution in [3.05, 3.63) is 54.1 Å². The number of benzene rings is 2. The molecule has 0 saturated heterocycles. The van der Waals surface area contributed by atoms with Gasteiger partial charge in [-0.3, -0.25) is 4.79 Å². The number of amides is 1. The molecule has 0 radical (unpaired) electrons. The molecule has 2 saturated carbocycles. The number of hydrogen-bond acceptors (Lipinski definition) is 2. The first-order valence-corrected chi connectivity index (χ1v) is 12.3. The second-order valence-corrected chi connectivity index (χ2v) is 9.60. The van der Waals surface area contributed by atoms with Crippen LogP contribution in [0.3, 0.4) is 0 Å². The van der Waals surface area contributed by atoms with Crippen molar-refractivity contribution in [3.63, 3.8) is 0 Å². The largest absolute Gasteiger partial charge is 0.352 e. The quantitative estimate of drug-likeness (QED) is 0.478. The van der Waals surface area contributed by atoms with Crippen molar-refractivity contribution in [1.82, 2.24) is 14.9 Å². The van der Waals surface area contributed by atoms with Gasteiger partial charge in [-0.15, -0.1) is 0 Å². The maximum atomic E-state index is 14.9. The molecule has 2 aliphatic carbocycles. The van der Waals surface area contributed by atoms with Crippen molar-refractivity contribution < 1.29 is 13.6 Å². The number of aromatic nitrogens is 2. The zero-order valence-corrected chi connectivity index (χ0v) is 18.9. The van der Waals surface area contributed by atoms with E-state index in [2.05, 4.69) is 5.32 Å². The Balaban J connectivity index is 1.64. The van der Waals surface area contributed by atoms with E-state index in [1.165, 1.54) is 18.9 Å². The van der Waals surface area contributed by atoms with E-state index in [1.807, 2.05) is 28.8 Å². The predicted octanol–water partition coefficient (Wildman–Crippen LogP) is 6.55. The normalized spacial score (nSPS) is 19.0. The summed E-state index contributed by atoms with van der Waals surface area (Å²) in [7, 11) is 0.